The molecule has 1 unspecified atom stereocenters. The average molecular weight is 487 g/mol. The zero-order valence-electron chi connectivity index (χ0n) is 19.6. The van der Waals surface area contributed by atoms with E-state index in [9.17, 15) is 9.00 Å². The van der Waals surface area contributed by atoms with Gasteiger partial charge in [0.15, 0.2) is 5.82 Å². The van der Waals surface area contributed by atoms with Crippen LogP contribution < -0.4 is 10.6 Å². The minimum Gasteiger partial charge on any atom is -0.364 e. The Kier molecular flexibility index (Phi) is 6.33. The molecular weight excluding hydrogens is 460 g/mol. The van der Waals surface area contributed by atoms with E-state index in [1.807, 2.05) is 70.7 Å². The predicted octanol–water partition coefficient (Wildman–Crippen LogP) is 3.70. The molecule has 0 aliphatic rings. The van der Waals surface area contributed by atoms with Crippen LogP contribution in [0.25, 0.3) is 22.4 Å². The van der Waals surface area contributed by atoms with Crippen molar-refractivity contribution in [3.63, 3.8) is 0 Å². The van der Waals surface area contributed by atoms with Gasteiger partial charge >= 0.3 is 0 Å². The largest absolute Gasteiger partial charge is 0.364 e. The van der Waals surface area contributed by atoms with Gasteiger partial charge in [-0.3, -0.25) is 13.6 Å². The van der Waals surface area contributed by atoms with Gasteiger partial charge in [0, 0.05) is 58.7 Å². The number of fused-ring (bicyclic) bond motifs is 2. The lowest BCUT2D eigenvalue weighted by molar-refractivity contribution is 0.0958. The molecule has 2 aromatic carbocycles. The highest BCUT2D eigenvalue weighted by atomic mass is 32.2. The van der Waals surface area contributed by atoms with E-state index in [-0.39, 0.29) is 5.91 Å². The lowest BCUT2D eigenvalue weighted by Crippen LogP contribution is -2.27. The molecule has 2 N–H and O–H groups in total. The predicted molar refractivity (Wildman–Crippen MR) is 140 cm³/mol. The second-order valence-electron chi connectivity index (χ2n) is 8.33. The molecular formula is C26H26N6O2S. The van der Waals surface area contributed by atoms with Crippen molar-refractivity contribution in [1.82, 2.24) is 24.5 Å². The van der Waals surface area contributed by atoms with E-state index in [0.29, 0.717) is 30.4 Å². The number of nitrogens with one attached hydrogen (secondary N) is 2. The SMILES string of the molecule is Cc1cc2c(C(=O)NCCS(C)=O)cccc2n1-c1nc(NCc2ccccc2)c2cccn2n1. The molecule has 0 saturated carbocycles. The molecule has 0 aliphatic carbocycles. The van der Waals surface area contributed by atoms with Gasteiger partial charge in [-0.2, -0.15) is 4.98 Å². The number of amides is 1. The summed E-state index contributed by atoms with van der Waals surface area (Å²) in [5.74, 6) is 1.47. The number of aromatic nitrogens is 4. The standard InChI is InChI=1S/C26H26N6O2S/c1-18-16-21-20(25(33)27-13-15-35(2)34)10-6-11-22(21)32(18)26-29-24(23-12-7-14-31(23)30-26)28-17-19-8-4-3-5-9-19/h3-12,14,16H,13,15,17H2,1-2H3,(H,27,33)(H,28,29,30). The van der Waals surface area contributed by atoms with Crippen molar-refractivity contribution in [2.75, 3.05) is 23.9 Å². The molecule has 3 aromatic heterocycles. The van der Waals surface area contributed by atoms with Gasteiger partial charge in [0.1, 0.15) is 5.52 Å². The van der Waals surface area contributed by atoms with Crippen LogP contribution in [0.3, 0.4) is 0 Å². The van der Waals surface area contributed by atoms with Crippen LogP contribution in [0.15, 0.2) is 72.9 Å². The van der Waals surface area contributed by atoms with Gasteiger partial charge in [-0.25, -0.2) is 4.52 Å². The van der Waals surface area contributed by atoms with Crippen LogP contribution >= 0.6 is 0 Å². The Morgan fingerprint density at radius 1 is 1.03 bits per heavy atom. The molecule has 8 nitrogen and oxygen atoms in total. The summed E-state index contributed by atoms with van der Waals surface area (Å²) in [7, 11) is -0.958. The minimum atomic E-state index is -0.958. The maximum Gasteiger partial charge on any atom is 0.254 e. The minimum absolute atomic E-state index is 0.190. The van der Waals surface area contributed by atoms with E-state index in [1.54, 1.807) is 12.3 Å². The second kappa shape index (κ2) is 9.71. The molecule has 35 heavy (non-hydrogen) atoms. The number of carbonyl (C=O) groups is 1. The molecule has 1 atom stereocenters. The number of anilines is 1. The van der Waals surface area contributed by atoms with E-state index in [4.69, 9.17) is 10.1 Å². The molecule has 3 heterocycles. The Hall–Kier alpha value is -3.98. The topological polar surface area (TPSA) is 93.3 Å². The smallest absolute Gasteiger partial charge is 0.254 e. The third kappa shape index (κ3) is 4.67. The van der Waals surface area contributed by atoms with E-state index in [1.165, 1.54) is 0 Å². The van der Waals surface area contributed by atoms with E-state index in [2.05, 4.69) is 22.8 Å². The van der Waals surface area contributed by atoms with Gasteiger partial charge in [0.2, 0.25) is 0 Å². The van der Waals surface area contributed by atoms with Gasteiger partial charge < -0.3 is 10.6 Å². The first-order valence-corrected chi connectivity index (χ1v) is 13.1. The summed E-state index contributed by atoms with van der Waals surface area (Å²) in [5, 5.41) is 11.9. The Morgan fingerprint density at radius 2 is 1.83 bits per heavy atom. The molecule has 9 heteroatoms. The molecule has 0 bridgehead atoms. The number of rotatable bonds is 8. The van der Waals surface area contributed by atoms with Crippen LogP contribution in [-0.2, 0) is 17.3 Å². The fourth-order valence-electron chi connectivity index (χ4n) is 4.16. The van der Waals surface area contributed by atoms with Crippen LogP contribution in [0.2, 0.25) is 0 Å². The summed E-state index contributed by atoms with van der Waals surface area (Å²) in [6.07, 6.45) is 3.52. The fraction of sp³-hybridized carbons (Fsp3) is 0.192. The molecule has 5 rings (SSSR count). The Bertz CT molecular complexity index is 1540. The number of aryl methyl sites for hydroxylation is 1. The maximum absolute atomic E-state index is 12.8. The zero-order chi connectivity index (χ0) is 24.4. The van der Waals surface area contributed by atoms with Crippen LogP contribution in [0.4, 0.5) is 5.82 Å². The third-order valence-electron chi connectivity index (χ3n) is 5.83. The monoisotopic (exact) mass is 486 g/mol. The van der Waals surface area contributed by atoms with Crippen molar-refractivity contribution in [3.8, 4) is 5.95 Å². The van der Waals surface area contributed by atoms with Gasteiger partial charge in [0.25, 0.3) is 11.9 Å². The molecule has 0 saturated heterocycles. The third-order valence-corrected chi connectivity index (χ3v) is 6.61. The highest BCUT2D eigenvalue weighted by Gasteiger charge is 2.18. The molecule has 178 valence electrons. The number of nitrogens with zero attached hydrogens (tertiary/aromatic N) is 4. The molecule has 0 fully saturated rings. The van der Waals surface area contributed by atoms with E-state index in [0.717, 1.165) is 33.5 Å². The summed E-state index contributed by atoms with van der Waals surface area (Å²) < 4.78 is 15.1. The van der Waals surface area contributed by atoms with Gasteiger partial charge in [-0.05, 0) is 42.8 Å². The number of carbonyl (C=O) groups excluding carboxylic acids is 1. The second-order valence-corrected chi connectivity index (χ2v) is 9.88. The van der Waals surface area contributed by atoms with Crippen molar-refractivity contribution in [1.29, 1.82) is 0 Å². The van der Waals surface area contributed by atoms with Gasteiger partial charge in [0.05, 0.1) is 5.52 Å². The van der Waals surface area contributed by atoms with Gasteiger partial charge in [-0.15, -0.1) is 5.10 Å². The summed E-state index contributed by atoms with van der Waals surface area (Å²) in [5.41, 5.74) is 4.36. The van der Waals surface area contributed by atoms with Crippen molar-refractivity contribution < 1.29 is 9.00 Å². The Morgan fingerprint density at radius 3 is 2.63 bits per heavy atom. The highest BCUT2D eigenvalue weighted by Crippen LogP contribution is 2.27. The van der Waals surface area contributed by atoms with Crippen LogP contribution in [0.1, 0.15) is 21.6 Å². The number of benzene rings is 2. The quantitative estimate of drug-likeness (QED) is 0.349. The Balaban J connectivity index is 1.53. The van der Waals surface area contributed by atoms with Crippen LogP contribution in [0.5, 0.6) is 0 Å². The average Bonchev–Trinajstić information content (AvgIpc) is 3.46. The number of hydrogen-bond acceptors (Lipinski definition) is 5. The first-order valence-electron chi connectivity index (χ1n) is 11.3. The molecule has 0 radical (unpaired) electrons. The molecule has 0 spiro atoms. The molecule has 5 aromatic rings. The zero-order valence-corrected chi connectivity index (χ0v) is 20.4. The van der Waals surface area contributed by atoms with E-state index < -0.39 is 10.8 Å². The van der Waals surface area contributed by atoms with Crippen LogP contribution in [-0.4, -0.2) is 47.8 Å². The van der Waals surface area contributed by atoms with Crippen molar-refractivity contribution in [2.45, 2.75) is 13.5 Å². The normalized spacial score (nSPS) is 12.2. The van der Waals surface area contributed by atoms with Crippen molar-refractivity contribution in [2.24, 2.45) is 0 Å². The molecule has 1 amide bonds. The highest BCUT2D eigenvalue weighted by molar-refractivity contribution is 7.84. The van der Waals surface area contributed by atoms with Crippen molar-refractivity contribution in [3.05, 3.63) is 89.7 Å². The first kappa shape index (κ1) is 22.8. The fourth-order valence-corrected chi connectivity index (χ4v) is 4.55. The van der Waals surface area contributed by atoms with Crippen LogP contribution in [0, 0.1) is 6.92 Å². The summed E-state index contributed by atoms with van der Waals surface area (Å²) in [4.78, 5) is 17.7. The Labute approximate surface area is 205 Å². The summed E-state index contributed by atoms with van der Waals surface area (Å²) in [6.45, 7) is 2.97. The first-order chi connectivity index (χ1) is 17.0. The van der Waals surface area contributed by atoms with Crippen molar-refractivity contribution >= 4 is 38.9 Å². The lowest BCUT2D eigenvalue weighted by atomic mass is 10.1. The summed E-state index contributed by atoms with van der Waals surface area (Å²) in [6, 6.07) is 21.7. The summed E-state index contributed by atoms with van der Waals surface area (Å²) >= 11 is 0. The van der Waals surface area contributed by atoms with Gasteiger partial charge in [-0.1, -0.05) is 36.4 Å². The molecule has 0 aliphatic heterocycles. The van der Waals surface area contributed by atoms with E-state index >= 15 is 0 Å². The maximum atomic E-state index is 12.8. The lowest BCUT2D eigenvalue weighted by Gasteiger charge is -2.12. The number of hydrogen-bond donors (Lipinski definition) is 2.